The molecule has 0 aliphatic rings. The van der Waals surface area contributed by atoms with Crippen LogP contribution in [-0.2, 0) is 0 Å². The SMILES string of the molecule is C=Cc1c(F)c(F)c(C(C)BC)c(F)c1F. The van der Waals surface area contributed by atoms with E-state index in [2.05, 4.69) is 6.58 Å². The number of benzene rings is 1. The molecule has 0 aliphatic carbocycles. The minimum Gasteiger partial charge on any atom is -0.203 e. The standard InChI is InChI=1S/C11H11BF4/c1-4-6-8(13)10(15)7(5(2)12-3)11(16)9(6)14/h4-5,12H,1H2,2-3H3. The van der Waals surface area contributed by atoms with Gasteiger partial charge in [-0.25, -0.2) is 17.6 Å². The fourth-order valence-corrected chi connectivity index (χ4v) is 1.48. The summed E-state index contributed by atoms with van der Waals surface area (Å²) in [5, 5.41) is 0. The van der Waals surface area contributed by atoms with E-state index in [1.54, 1.807) is 6.82 Å². The Bertz CT molecular complexity index is 399. The number of rotatable bonds is 3. The first kappa shape index (κ1) is 12.8. The van der Waals surface area contributed by atoms with Crippen molar-refractivity contribution >= 4 is 13.4 Å². The van der Waals surface area contributed by atoms with Crippen LogP contribution in [0.1, 0.15) is 23.9 Å². The van der Waals surface area contributed by atoms with Crippen LogP contribution in [0, 0.1) is 23.3 Å². The summed E-state index contributed by atoms with van der Waals surface area (Å²) in [7, 11) is 0.389. The monoisotopic (exact) mass is 230 g/mol. The molecule has 0 nitrogen and oxygen atoms in total. The summed E-state index contributed by atoms with van der Waals surface area (Å²) < 4.78 is 53.7. The van der Waals surface area contributed by atoms with Crippen molar-refractivity contribution in [2.75, 3.05) is 0 Å². The second-order valence-electron chi connectivity index (χ2n) is 3.60. The van der Waals surface area contributed by atoms with Gasteiger partial charge < -0.3 is 0 Å². The molecule has 5 heteroatoms. The molecule has 0 spiro atoms. The van der Waals surface area contributed by atoms with E-state index in [9.17, 15) is 17.6 Å². The second-order valence-corrected chi connectivity index (χ2v) is 3.60. The molecule has 0 aromatic heterocycles. The van der Waals surface area contributed by atoms with E-state index >= 15 is 0 Å². The summed E-state index contributed by atoms with van der Waals surface area (Å²) in [6.45, 7) is 6.31. The molecule has 0 saturated carbocycles. The number of halogens is 4. The van der Waals surface area contributed by atoms with Crippen molar-refractivity contribution in [1.29, 1.82) is 0 Å². The van der Waals surface area contributed by atoms with Crippen LogP contribution in [0.3, 0.4) is 0 Å². The van der Waals surface area contributed by atoms with Crippen molar-refractivity contribution in [2.24, 2.45) is 0 Å². The summed E-state index contributed by atoms with van der Waals surface area (Å²) in [5.41, 5.74) is -1.30. The van der Waals surface area contributed by atoms with E-state index in [1.165, 1.54) is 6.92 Å². The zero-order valence-corrected chi connectivity index (χ0v) is 9.08. The average Bonchev–Trinajstić information content (AvgIpc) is 2.27. The maximum absolute atomic E-state index is 13.5. The van der Waals surface area contributed by atoms with E-state index in [-0.39, 0.29) is 0 Å². The summed E-state index contributed by atoms with van der Waals surface area (Å²) >= 11 is 0. The molecule has 0 amide bonds. The summed E-state index contributed by atoms with van der Waals surface area (Å²) in [4.78, 5) is 0. The van der Waals surface area contributed by atoms with Crippen LogP contribution < -0.4 is 0 Å². The molecule has 86 valence electrons. The topological polar surface area (TPSA) is 0 Å². The van der Waals surface area contributed by atoms with Gasteiger partial charge in [0.25, 0.3) is 0 Å². The van der Waals surface area contributed by atoms with Crippen molar-refractivity contribution in [3.05, 3.63) is 41.0 Å². The molecule has 1 atom stereocenters. The van der Waals surface area contributed by atoms with Crippen molar-refractivity contribution in [3.63, 3.8) is 0 Å². The third kappa shape index (κ3) is 1.86. The van der Waals surface area contributed by atoms with E-state index in [0.29, 0.717) is 7.28 Å². The van der Waals surface area contributed by atoms with Crippen molar-refractivity contribution < 1.29 is 17.6 Å². The highest BCUT2D eigenvalue weighted by molar-refractivity contribution is 6.35. The quantitative estimate of drug-likeness (QED) is 0.424. The number of hydrogen-bond acceptors (Lipinski definition) is 0. The molecule has 1 unspecified atom stereocenters. The first-order chi connectivity index (χ1) is 7.45. The Morgan fingerprint density at radius 3 is 1.81 bits per heavy atom. The van der Waals surface area contributed by atoms with Gasteiger partial charge in [-0.05, 0) is 5.82 Å². The largest absolute Gasteiger partial charge is 0.203 e. The van der Waals surface area contributed by atoms with Crippen LogP contribution in [0.15, 0.2) is 6.58 Å². The van der Waals surface area contributed by atoms with Gasteiger partial charge in [-0.3, -0.25) is 0 Å². The van der Waals surface area contributed by atoms with Gasteiger partial charge in [0.15, 0.2) is 23.3 Å². The van der Waals surface area contributed by atoms with Gasteiger partial charge in [-0.1, -0.05) is 26.4 Å². The Hall–Kier alpha value is -1.26. The Labute approximate surface area is 92.2 Å². The fraction of sp³-hybridized carbons (Fsp3) is 0.273. The van der Waals surface area contributed by atoms with E-state index < -0.39 is 40.2 Å². The van der Waals surface area contributed by atoms with Crippen LogP contribution >= 0.6 is 0 Å². The third-order valence-electron chi connectivity index (χ3n) is 2.64. The van der Waals surface area contributed by atoms with Gasteiger partial charge >= 0.3 is 0 Å². The third-order valence-corrected chi connectivity index (χ3v) is 2.64. The Balaban J connectivity index is 3.59. The first-order valence-corrected chi connectivity index (χ1v) is 4.93. The molecule has 1 rings (SSSR count). The number of hydrogen-bond donors (Lipinski definition) is 0. The van der Waals surface area contributed by atoms with E-state index in [0.717, 1.165) is 6.08 Å². The van der Waals surface area contributed by atoms with Crippen molar-refractivity contribution in [3.8, 4) is 0 Å². The molecule has 0 heterocycles. The highest BCUT2D eigenvalue weighted by atomic mass is 19.2. The molecule has 0 aliphatic heterocycles. The normalized spacial score (nSPS) is 12.4. The maximum atomic E-state index is 13.5. The molecular weight excluding hydrogens is 219 g/mol. The Morgan fingerprint density at radius 2 is 1.50 bits per heavy atom. The molecule has 0 bridgehead atoms. The zero-order chi connectivity index (χ0) is 12.5. The van der Waals surface area contributed by atoms with Gasteiger partial charge in [0, 0.05) is 5.56 Å². The summed E-state index contributed by atoms with van der Waals surface area (Å²) in [5.74, 6) is -6.01. The molecule has 0 saturated heterocycles. The fourth-order valence-electron chi connectivity index (χ4n) is 1.48. The Kier molecular flexibility index (Phi) is 3.78. The van der Waals surface area contributed by atoms with Crippen LogP contribution in [0.25, 0.3) is 6.08 Å². The van der Waals surface area contributed by atoms with Crippen LogP contribution in [0.5, 0.6) is 0 Å². The van der Waals surface area contributed by atoms with E-state index in [4.69, 9.17) is 0 Å². The molecule has 16 heavy (non-hydrogen) atoms. The van der Waals surface area contributed by atoms with Crippen molar-refractivity contribution in [1.82, 2.24) is 0 Å². The predicted molar refractivity (Wildman–Crippen MR) is 57.8 cm³/mol. The van der Waals surface area contributed by atoms with Crippen LogP contribution in [0.2, 0.25) is 6.82 Å². The second kappa shape index (κ2) is 4.72. The lowest BCUT2D eigenvalue weighted by Crippen LogP contribution is -2.12. The lowest BCUT2D eigenvalue weighted by molar-refractivity contribution is 0.436. The zero-order valence-electron chi connectivity index (χ0n) is 9.08. The molecule has 0 N–H and O–H groups in total. The highest BCUT2D eigenvalue weighted by Gasteiger charge is 2.26. The van der Waals surface area contributed by atoms with Crippen LogP contribution in [-0.4, -0.2) is 7.28 Å². The minimum absolute atomic E-state index is 0.389. The lowest BCUT2D eigenvalue weighted by Gasteiger charge is -2.14. The lowest BCUT2D eigenvalue weighted by atomic mass is 9.64. The molecule has 0 fully saturated rings. The summed E-state index contributed by atoms with van der Waals surface area (Å²) in [6.07, 6.45) is 0.761. The van der Waals surface area contributed by atoms with Gasteiger partial charge in [0.2, 0.25) is 0 Å². The average molecular weight is 230 g/mol. The smallest absolute Gasteiger partial charge is 0.169 e. The van der Waals surface area contributed by atoms with Gasteiger partial charge in [-0.15, -0.1) is 0 Å². The van der Waals surface area contributed by atoms with Gasteiger partial charge in [0.05, 0.1) is 5.56 Å². The molecule has 1 aromatic carbocycles. The molecule has 1 aromatic rings. The summed E-state index contributed by atoms with van der Waals surface area (Å²) in [6, 6.07) is 0. The first-order valence-electron chi connectivity index (χ1n) is 4.93. The Morgan fingerprint density at radius 1 is 1.06 bits per heavy atom. The molecular formula is C11H11BF4. The molecule has 0 radical (unpaired) electrons. The minimum atomic E-state index is -1.38. The highest BCUT2D eigenvalue weighted by Crippen LogP contribution is 2.29. The van der Waals surface area contributed by atoms with Gasteiger partial charge in [-0.2, -0.15) is 0 Å². The van der Waals surface area contributed by atoms with E-state index in [1.807, 2.05) is 0 Å². The van der Waals surface area contributed by atoms with Crippen molar-refractivity contribution in [2.45, 2.75) is 19.6 Å². The maximum Gasteiger partial charge on any atom is 0.169 e. The predicted octanol–water partition coefficient (Wildman–Crippen LogP) is 3.43. The van der Waals surface area contributed by atoms with Gasteiger partial charge in [0.1, 0.15) is 7.28 Å². The van der Waals surface area contributed by atoms with Crippen LogP contribution in [0.4, 0.5) is 17.6 Å².